The fraction of sp³-hybridized carbons (Fsp3) is 0.407. The monoisotopic (exact) mass is 528 g/mol. The number of hydrogen-bond donors (Lipinski definition) is 2. The standard InChI is InChI=1S/C17H16F3N3.C10H12ClN3/c18-17(19,20)12-3-1-2-11(10-12)14-4-5-15-16(22-14)21-13-6-8-23(15)9-7-13;11-9-2-1-8-10(13-9)12-7-3-5-14(8)6-4-7/h1-5,10,13H,6-9H2,(H,21,22);1-2,7H,3-6H2,(H,12,13). The van der Waals surface area contributed by atoms with Crippen LogP contribution in [0.25, 0.3) is 11.3 Å². The Balaban J connectivity index is 0.000000153. The largest absolute Gasteiger partial charge is 0.416 e. The van der Waals surface area contributed by atoms with Gasteiger partial charge in [0.25, 0.3) is 0 Å². The molecule has 0 amide bonds. The van der Waals surface area contributed by atoms with E-state index in [-0.39, 0.29) is 0 Å². The molecular weight excluding hydrogens is 501 g/mol. The number of pyridine rings is 2. The Kier molecular flexibility index (Phi) is 6.26. The third-order valence-electron chi connectivity index (χ3n) is 7.55. The van der Waals surface area contributed by atoms with Gasteiger partial charge in [0, 0.05) is 43.8 Å². The molecule has 6 aliphatic heterocycles. The van der Waals surface area contributed by atoms with Crippen molar-refractivity contribution in [1.82, 2.24) is 9.97 Å². The molecule has 4 bridgehead atoms. The minimum atomic E-state index is -4.34. The van der Waals surface area contributed by atoms with Crippen molar-refractivity contribution < 1.29 is 13.2 Å². The van der Waals surface area contributed by atoms with E-state index in [0.29, 0.717) is 28.5 Å². The van der Waals surface area contributed by atoms with Crippen molar-refractivity contribution in [3.63, 3.8) is 0 Å². The molecule has 2 fully saturated rings. The Morgan fingerprint density at radius 3 is 1.92 bits per heavy atom. The zero-order chi connectivity index (χ0) is 25.6. The number of nitrogens with zero attached hydrogens (tertiary/aromatic N) is 4. The number of piperidine rings is 2. The molecule has 1 aromatic carbocycles. The summed E-state index contributed by atoms with van der Waals surface area (Å²) in [4.78, 5) is 13.6. The van der Waals surface area contributed by atoms with Crippen LogP contribution in [0.1, 0.15) is 31.2 Å². The van der Waals surface area contributed by atoms with Gasteiger partial charge >= 0.3 is 6.18 Å². The van der Waals surface area contributed by atoms with E-state index in [0.717, 1.165) is 68.5 Å². The van der Waals surface area contributed by atoms with Gasteiger partial charge in [-0.3, -0.25) is 0 Å². The summed E-state index contributed by atoms with van der Waals surface area (Å²) < 4.78 is 38.6. The molecule has 9 rings (SSSR count). The molecular formula is C27H28ClF3N6. The number of rotatable bonds is 1. The van der Waals surface area contributed by atoms with E-state index in [9.17, 15) is 13.2 Å². The molecule has 10 heteroatoms. The van der Waals surface area contributed by atoms with Crippen LogP contribution in [0.2, 0.25) is 5.15 Å². The maximum atomic E-state index is 12.9. The minimum absolute atomic E-state index is 0.400. The molecule has 0 atom stereocenters. The fourth-order valence-corrected chi connectivity index (χ4v) is 5.68. The lowest BCUT2D eigenvalue weighted by Gasteiger charge is -2.28. The summed E-state index contributed by atoms with van der Waals surface area (Å²) in [7, 11) is 0. The Morgan fingerprint density at radius 1 is 0.757 bits per heavy atom. The second kappa shape index (κ2) is 9.59. The summed E-state index contributed by atoms with van der Waals surface area (Å²) in [6.07, 6.45) is 0.192. The molecule has 0 aliphatic carbocycles. The van der Waals surface area contributed by atoms with E-state index >= 15 is 0 Å². The van der Waals surface area contributed by atoms with Gasteiger partial charge in [-0.05, 0) is 62.1 Å². The molecule has 2 N–H and O–H groups in total. The number of benzene rings is 1. The zero-order valence-corrected chi connectivity index (χ0v) is 21.0. The maximum Gasteiger partial charge on any atom is 0.416 e. The van der Waals surface area contributed by atoms with Crippen molar-refractivity contribution in [2.24, 2.45) is 0 Å². The van der Waals surface area contributed by atoms with Crippen LogP contribution in [0.3, 0.4) is 0 Å². The second-order valence-electron chi connectivity index (χ2n) is 9.96. The van der Waals surface area contributed by atoms with E-state index in [4.69, 9.17) is 11.6 Å². The van der Waals surface area contributed by atoms with E-state index in [1.165, 1.54) is 24.6 Å². The Hall–Kier alpha value is -3.20. The van der Waals surface area contributed by atoms with E-state index in [1.807, 2.05) is 12.1 Å². The molecule has 0 spiro atoms. The molecule has 8 heterocycles. The molecule has 0 unspecified atom stereocenters. The van der Waals surface area contributed by atoms with Gasteiger partial charge in [-0.2, -0.15) is 13.2 Å². The lowest BCUT2D eigenvalue weighted by atomic mass is 10.1. The van der Waals surface area contributed by atoms with Gasteiger partial charge in [0.15, 0.2) is 11.6 Å². The Labute approximate surface area is 218 Å². The number of hydrogen-bond acceptors (Lipinski definition) is 6. The van der Waals surface area contributed by atoms with Crippen molar-refractivity contribution in [3.8, 4) is 11.3 Å². The summed E-state index contributed by atoms with van der Waals surface area (Å²) in [5.41, 5.74) is 2.64. The Morgan fingerprint density at radius 2 is 1.32 bits per heavy atom. The predicted octanol–water partition coefficient (Wildman–Crippen LogP) is 6.29. The van der Waals surface area contributed by atoms with Crippen LogP contribution >= 0.6 is 11.6 Å². The normalized spacial score (nSPS) is 18.6. The highest BCUT2D eigenvalue weighted by Gasteiger charge is 2.31. The number of anilines is 4. The summed E-state index contributed by atoms with van der Waals surface area (Å²) in [6, 6.07) is 14.0. The van der Waals surface area contributed by atoms with E-state index in [2.05, 4.69) is 36.5 Å². The SMILES string of the molecule is Clc1ccc2c(n1)NC1CCN2CC1.FC(F)(F)c1cccc(-c2ccc3c(n2)NC2CCN3CC2)c1. The molecule has 0 radical (unpaired) electrons. The highest BCUT2D eigenvalue weighted by molar-refractivity contribution is 6.29. The second-order valence-corrected chi connectivity index (χ2v) is 10.3. The first-order valence-corrected chi connectivity index (χ1v) is 13.1. The first kappa shape index (κ1) is 24.2. The molecule has 6 aliphatic rings. The van der Waals surface area contributed by atoms with Crippen molar-refractivity contribution in [3.05, 3.63) is 59.2 Å². The Bertz CT molecular complexity index is 1280. The summed E-state index contributed by atoms with van der Waals surface area (Å²) in [5, 5.41) is 7.45. The van der Waals surface area contributed by atoms with Crippen molar-refractivity contribution in [2.45, 2.75) is 43.9 Å². The maximum absolute atomic E-state index is 12.9. The van der Waals surface area contributed by atoms with Gasteiger partial charge in [0.1, 0.15) is 5.15 Å². The average molecular weight is 529 g/mol. The van der Waals surface area contributed by atoms with Gasteiger partial charge in [-0.15, -0.1) is 0 Å². The average Bonchev–Trinajstić information content (AvgIpc) is 3.33. The highest BCUT2D eigenvalue weighted by Crippen LogP contribution is 2.37. The number of nitrogens with one attached hydrogen (secondary N) is 2. The summed E-state index contributed by atoms with van der Waals surface area (Å²) in [6.45, 7) is 4.26. The lowest BCUT2D eigenvalue weighted by molar-refractivity contribution is -0.137. The third kappa shape index (κ3) is 5.01. The number of halogens is 4. The van der Waals surface area contributed by atoms with Crippen LogP contribution in [0, 0.1) is 0 Å². The van der Waals surface area contributed by atoms with Crippen LogP contribution in [-0.2, 0) is 6.18 Å². The van der Waals surface area contributed by atoms with Gasteiger partial charge in [-0.1, -0.05) is 23.7 Å². The predicted molar refractivity (Wildman–Crippen MR) is 142 cm³/mol. The molecule has 3 aromatic rings. The van der Waals surface area contributed by atoms with Crippen LogP contribution in [0.5, 0.6) is 0 Å². The fourth-order valence-electron chi connectivity index (χ4n) is 5.53. The molecule has 37 heavy (non-hydrogen) atoms. The third-order valence-corrected chi connectivity index (χ3v) is 7.76. The first-order chi connectivity index (χ1) is 17.8. The smallest absolute Gasteiger partial charge is 0.368 e. The van der Waals surface area contributed by atoms with Crippen molar-refractivity contribution in [2.75, 3.05) is 46.6 Å². The van der Waals surface area contributed by atoms with E-state index in [1.54, 1.807) is 12.1 Å². The number of fused-ring (bicyclic) bond motifs is 4. The summed E-state index contributed by atoms with van der Waals surface area (Å²) in [5.74, 6) is 1.73. The van der Waals surface area contributed by atoms with Gasteiger partial charge in [-0.25, -0.2) is 9.97 Å². The van der Waals surface area contributed by atoms with Crippen LogP contribution in [-0.4, -0.2) is 48.2 Å². The highest BCUT2D eigenvalue weighted by atomic mass is 35.5. The first-order valence-electron chi connectivity index (χ1n) is 12.7. The molecule has 2 aromatic heterocycles. The quantitative estimate of drug-likeness (QED) is 0.362. The zero-order valence-electron chi connectivity index (χ0n) is 20.2. The lowest BCUT2D eigenvalue weighted by Crippen LogP contribution is -2.35. The van der Waals surface area contributed by atoms with E-state index < -0.39 is 11.7 Å². The molecule has 0 saturated carbocycles. The van der Waals surface area contributed by atoms with Crippen molar-refractivity contribution in [1.29, 1.82) is 0 Å². The minimum Gasteiger partial charge on any atom is -0.368 e. The summed E-state index contributed by atoms with van der Waals surface area (Å²) >= 11 is 5.88. The van der Waals surface area contributed by atoms with Gasteiger partial charge in [0.2, 0.25) is 0 Å². The van der Waals surface area contributed by atoms with Crippen molar-refractivity contribution >= 4 is 34.6 Å². The van der Waals surface area contributed by atoms with Gasteiger partial charge < -0.3 is 20.4 Å². The topological polar surface area (TPSA) is 56.3 Å². The van der Waals surface area contributed by atoms with Crippen LogP contribution in [0.4, 0.5) is 36.2 Å². The number of aromatic nitrogens is 2. The molecule has 6 nitrogen and oxygen atoms in total. The molecule has 2 saturated heterocycles. The van der Waals surface area contributed by atoms with Crippen LogP contribution in [0.15, 0.2) is 48.5 Å². The van der Waals surface area contributed by atoms with Gasteiger partial charge in [0.05, 0.1) is 22.6 Å². The number of alkyl halides is 3. The van der Waals surface area contributed by atoms with Crippen LogP contribution < -0.4 is 20.4 Å². The molecule has 194 valence electrons.